The van der Waals surface area contributed by atoms with Gasteiger partial charge >= 0.3 is 5.97 Å². The van der Waals surface area contributed by atoms with Gasteiger partial charge in [-0.3, -0.25) is 4.79 Å². The maximum absolute atomic E-state index is 12.8. The van der Waals surface area contributed by atoms with Gasteiger partial charge < -0.3 is 5.11 Å². The molecule has 0 aliphatic heterocycles. The largest absolute Gasteiger partial charge is 0.481 e. The van der Waals surface area contributed by atoms with Gasteiger partial charge in [0.05, 0.1) is 5.41 Å². The second-order valence-electron chi connectivity index (χ2n) is 15.4. The molecule has 0 unspecified atom stereocenters. The minimum atomic E-state index is -0.491. The normalized spacial score (nSPS) is 54.8. The second-order valence-corrected chi connectivity index (χ2v) is 16.0. The summed E-state index contributed by atoms with van der Waals surface area (Å²) >= 11 is 6.93. The van der Waals surface area contributed by atoms with E-state index in [-0.39, 0.29) is 16.2 Å². The first-order valence-corrected chi connectivity index (χ1v) is 14.5. The highest BCUT2D eigenvalue weighted by atomic mass is 35.5. The molecule has 33 heavy (non-hydrogen) atoms. The van der Waals surface area contributed by atoms with Crippen LogP contribution in [-0.2, 0) is 4.79 Å². The van der Waals surface area contributed by atoms with E-state index < -0.39 is 11.4 Å². The van der Waals surface area contributed by atoms with Gasteiger partial charge in [0.15, 0.2) is 0 Å². The van der Waals surface area contributed by atoms with Crippen LogP contribution >= 0.6 is 11.6 Å². The zero-order valence-corrected chi connectivity index (χ0v) is 23.2. The van der Waals surface area contributed by atoms with Gasteiger partial charge in [-0.1, -0.05) is 48.5 Å². The van der Waals surface area contributed by atoms with E-state index >= 15 is 0 Å². The molecule has 0 aromatic carbocycles. The molecule has 5 rings (SSSR count). The Hall–Kier alpha value is -0.240. The van der Waals surface area contributed by atoms with Crippen molar-refractivity contribution >= 4 is 17.6 Å². The SMILES string of the molecule is CC1(C)CC[C@]2(C(=O)O)CC[C@]3(C)[C@H](CC[C@@H]4[C@@]5(C)CC[C@@H](Cl)C(C)(C)[C@@H]5CC[C@]43C)[C@@H]2C1. The number of carboxylic acid groups (broad SMARTS) is 1. The highest BCUT2D eigenvalue weighted by Gasteiger charge is 2.71. The highest BCUT2D eigenvalue weighted by molar-refractivity contribution is 6.21. The average Bonchev–Trinajstić information content (AvgIpc) is 2.71. The number of carbonyl (C=O) groups is 1. The molecule has 0 amide bonds. The number of aliphatic carboxylic acids is 1. The lowest BCUT2D eigenvalue weighted by molar-refractivity contribution is -0.246. The molecular formula is C30H49ClO2. The fourth-order valence-electron chi connectivity index (χ4n) is 11.4. The van der Waals surface area contributed by atoms with Crippen molar-refractivity contribution < 1.29 is 9.90 Å². The molecule has 1 N–H and O–H groups in total. The van der Waals surface area contributed by atoms with Crippen LogP contribution in [0.2, 0.25) is 0 Å². The predicted molar refractivity (Wildman–Crippen MR) is 136 cm³/mol. The van der Waals surface area contributed by atoms with Crippen LogP contribution in [0.15, 0.2) is 0 Å². The van der Waals surface area contributed by atoms with E-state index in [1.807, 2.05) is 0 Å². The van der Waals surface area contributed by atoms with Gasteiger partial charge in [0, 0.05) is 5.38 Å². The molecule has 0 aromatic heterocycles. The first kappa shape index (κ1) is 24.5. The van der Waals surface area contributed by atoms with Gasteiger partial charge in [-0.05, 0) is 121 Å². The molecule has 5 fully saturated rings. The van der Waals surface area contributed by atoms with Crippen LogP contribution in [0.25, 0.3) is 0 Å². The Bertz CT molecular complexity index is 833. The molecule has 0 heterocycles. The van der Waals surface area contributed by atoms with Crippen molar-refractivity contribution in [3.05, 3.63) is 0 Å². The summed E-state index contributed by atoms with van der Waals surface area (Å²) in [6.07, 6.45) is 12.6. The molecule has 3 heteroatoms. The van der Waals surface area contributed by atoms with E-state index in [9.17, 15) is 9.90 Å². The molecule has 0 saturated heterocycles. The van der Waals surface area contributed by atoms with Crippen molar-refractivity contribution in [1.82, 2.24) is 0 Å². The van der Waals surface area contributed by atoms with Crippen LogP contribution in [0.5, 0.6) is 0 Å². The molecule has 2 nitrogen and oxygen atoms in total. The van der Waals surface area contributed by atoms with Crippen molar-refractivity contribution in [3.8, 4) is 0 Å². The summed E-state index contributed by atoms with van der Waals surface area (Å²) in [5.41, 5.74) is 0.926. The number of carboxylic acids is 1. The maximum atomic E-state index is 12.8. The Kier molecular flexibility index (Phi) is 5.31. The lowest BCUT2D eigenvalue weighted by atomic mass is 9.31. The Labute approximate surface area is 208 Å². The Morgan fingerprint density at radius 1 is 0.727 bits per heavy atom. The molecule has 0 bridgehead atoms. The van der Waals surface area contributed by atoms with Gasteiger partial charge in [-0.15, -0.1) is 11.6 Å². The summed E-state index contributed by atoms with van der Waals surface area (Å²) in [5.74, 6) is 1.85. The summed E-state index contributed by atoms with van der Waals surface area (Å²) < 4.78 is 0. The first-order chi connectivity index (χ1) is 15.1. The fourth-order valence-corrected chi connectivity index (χ4v) is 11.6. The summed E-state index contributed by atoms with van der Waals surface area (Å²) in [7, 11) is 0. The third-order valence-corrected chi connectivity index (χ3v) is 14.4. The van der Waals surface area contributed by atoms with Crippen molar-refractivity contribution in [3.63, 3.8) is 0 Å². The number of hydrogen-bond acceptors (Lipinski definition) is 1. The molecular weight excluding hydrogens is 428 g/mol. The van der Waals surface area contributed by atoms with Crippen LogP contribution in [0.3, 0.4) is 0 Å². The summed E-state index contributed by atoms with van der Waals surface area (Å²) in [4.78, 5) is 12.8. The first-order valence-electron chi connectivity index (χ1n) is 14.0. The van der Waals surface area contributed by atoms with Crippen LogP contribution in [0, 0.1) is 56.2 Å². The average molecular weight is 477 g/mol. The lowest BCUT2D eigenvalue weighted by Gasteiger charge is -2.73. The molecule has 9 atom stereocenters. The van der Waals surface area contributed by atoms with Crippen LogP contribution in [0.1, 0.15) is 119 Å². The topological polar surface area (TPSA) is 37.3 Å². The van der Waals surface area contributed by atoms with Crippen molar-refractivity contribution in [1.29, 1.82) is 0 Å². The number of alkyl halides is 1. The quantitative estimate of drug-likeness (QED) is 0.385. The minimum absolute atomic E-state index is 0.200. The zero-order chi connectivity index (χ0) is 24.2. The fraction of sp³-hybridized carbons (Fsp3) is 0.967. The smallest absolute Gasteiger partial charge is 0.309 e. The Balaban J connectivity index is 1.54. The van der Waals surface area contributed by atoms with Crippen LogP contribution in [-0.4, -0.2) is 16.5 Å². The van der Waals surface area contributed by atoms with Gasteiger partial charge in [0.25, 0.3) is 0 Å². The van der Waals surface area contributed by atoms with Gasteiger partial charge in [0.2, 0.25) is 0 Å². The Morgan fingerprint density at radius 2 is 1.39 bits per heavy atom. The third-order valence-electron chi connectivity index (χ3n) is 13.6. The number of fused-ring (bicyclic) bond motifs is 7. The van der Waals surface area contributed by atoms with Crippen molar-refractivity contribution in [2.75, 3.05) is 0 Å². The van der Waals surface area contributed by atoms with Crippen LogP contribution < -0.4 is 0 Å². The van der Waals surface area contributed by atoms with E-state index in [2.05, 4.69) is 48.5 Å². The number of rotatable bonds is 1. The minimum Gasteiger partial charge on any atom is -0.481 e. The Morgan fingerprint density at radius 3 is 2.06 bits per heavy atom. The molecule has 5 aliphatic carbocycles. The molecule has 5 aliphatic rings. The molecule has 0 aromatic rings. The zero-order valence-electron chi connectivity index (χ0n) is 22.4. The van der Waals surface area contributed by atoms with E-state index in [1.165, 1.54) is 32.1 Å². The highest BCUT2D eigenvalue weighted by Crippen LogP contribution is 2.77. The number of hydrogen-bond donors (Lipinski definition) is 1. The third kappa shape index (κ3) is 3.00. The van der Waals surface area contributed by atoms with E-state index in [0.717, 1.165) is 44.4 Å². The summed E-state index contributed by atoms with van der Waals surface area (Å²) in [6.45, 7) is 17.5. The summed E-state index contributed by atoms with van der Waals surface area (Å²) in [6, 6.07) is 0. The van der Waals surface area contributed by atoms with Crippen molar-refractivity contribution in [2.45, 2.75) is 124 Å². The van der Waals surface area contributed by atoms with Crippen molar-refractivity contribution in [2.24, 2.45) is 56.2 Å². The molecule has 0 spiro atoms. The van der Waals surface area contributed by atoms with E-state index in [4.69, 9.17) is 11.6 Å². The van der Waals surface area contributed by atoms with Gasteiger partial charge in [0.1, 0.15) is 0 Å². The molecule has 0 radical (unpaired) electrons. The second kappa shape index (κ2) is 7.17. The summed E-state index contributed by atoms with van der Waals surface area (Å²) in [5, 5.41) is 10.8. The monoisotopic (exact) mass is 476 g/mol. The molecule has 5 saturated carbocycles. The lowest BCUT2D eigenvalue weighted by Crippen LogP contribution is -2.67. The van der Waals surface area contributed by atoms with Gasteiger partial charge in [-0.25, -0.2) is 0 Å². The van der Waals surface area contributed by atoms with E-state index in [1.54, 1.807) is 0 Å². The number of halogens is 1. The van der Waals surface area contributed by atoms with E-state index in [0.29, 0.717) is 34.0 Å². The standard InChI is InChI=1S/C30H49ClO2/c1-25(2)14-16-30(24(32)33)17-15-28(6)19(20(30)18-25)8-9-22-27(5)12-11-23(31)26(3,4)21(27)10-13-29(22,28)7/h19-23H,8-18H2,1-7H3,(H,32,33)/t19-,20+,21+,22-,23-,27+,28-,29-,30+/m1/s1. The van der Waals surface area contributed by atoms with Crippen LogP contribution in [0.4, 0.5) is 0 Å². The predicted octanol–water partition coefficient (Wildman–Crippen LogP) is 8.56. The van der Waals surface area contributed by atoms with Gasteiger partial charge in [-0.2, -0.15) is 0 Å². The maximum Gasteiger partial charge on any atom is 0.309 e. The molecule has 188 valence electrons.